The fourth-order valence-corrected chi connectivity index (χ4v) is 5.62. The SMILES string of the molecule is CCOC(=O)N1CCc2c(sc3c2C(=O)NC(c2ccc(-c4cccc(Br)c4)o2)N3)C1. The summed E-state index contributed by atoms with van der Waals surface area (Å²) in [5.74, 6) is 1.24. The Morgan fingerprint density at radius 1 is 1.32 bits per heavy atom. The molecule has 2 aliphatic heterocycles. The number of nitrogens with one attached hydrogen (secondary N) is 2. The van der Waals surface area contributed by atoms with Crippen LogP contribution in [-0.4, -0.2) is 30.1 Å². The van der Waals surface area contributed by atoms with E-state index in [1.54, 1.807) is 11.8 Å². The zero-order valence-electron chi connectivity index (χ0n) is 16.7. The van der Waals surface area contributed by atoms with Gasteiger partial charge in [0.1, 0.15) is 16.5 Å². The monoisotopic (exact) mass is 501 g/mol. The van der Waals surface area contributed by atoms with E-state index in [1.807, 2.05) is 36.4 Å². The van der Waals surface area contributed by atoms with Gasteiger partial charge in [0.15, 0.2) is 6.17 Å². The normalized spacial score (nSPS) is 17.4. The fourth-order valence-electron chi connectivity index (χ4n) is 3.93. The number of hydrogen-bond donors (Lipinski definition) is 2. The number of benzene rings is 1. The lowest BCUT2D eigenvalue weighted by Gasteiger charge is -2.27. The van der Waals surface area contributed by atoms with Gasteiger partial charge in [0.05, 0.1) is 18.7 Å². The van der Waals surface area contributed by atoms with Crippen LogP contribution in [0.1, 0.15) is 39.6 Å². The maximum absolute atomic E-state index is 12.9. The molecule has 3 aromatic rings. The first-order valence-electron chi connectivity index (χ1n) is 10.0. The Hall–Kier alpha value is -2.78. The van der Waals surface area contributed by atoms with E-state index >= 15 is 0 Å². The Morgan fingerprint density at radius 3 is 3.00 bits per heavy atom. The fraction of sp³-hybridized carbons (Fsp3) is 0.273. The summed E-state index contributed by atoms with van der Waals surface area (Å²) >= 11 is 4.99. The van der Waals surface area contributed by atoms with Crippen LogP contribution in [0.3, 0.4) is 0 Å². The van der Waals surface area contributed by atoms with Gasteiger partial charge in [0, 0.05) is 21.5 Å². The lowest BCUT2D eigenvalue weighted by molar-refractivity contribution is 0.0929. The molecule has 160 valence electrons. The summed E-state index contributed by atoms with van der Waals surface area (Å²) in [6.07, 6.45) is -0.138. The predicted octanol–water partition coefficient (Wildman–Crippen LogP) is 5.14. The van der Waals surface area contributed by atoms with Crippen LogP contribution in [0.25, 0.3) is 11.3 Å². The molecule has 5 rings (SSSR count). The maximum atomic E-state index is 12.9. The van der Waals surface area contributed by atoms with Crippen LogP contribution in [0.2, 0.25) is 0 Å². The standard InChI is InChI=1S/C22H20BrN3O4S/c1-2-29-22(28)26-9-8-14-17(11-26)31-21-18(14)20(27)24-19(25-21)16-7-6-15(30-16)12-4-3-5-13(23)10-12/h3-7,10,19,25H,2,8-9,11H2,1H3,(H,24,27). The Labute approximate surface area is 191 Å². The molecule has 2 aliphatic rings. The molecule has 1 atom stereocenters. The van der Waals surface area contributed by atoms with Crippen molar-refractivity contribution in [2.24, 2.45) is 0 Å². The van der Waals surface area contributed by atoms with Crippen molar-refractivity contribution in [1.82, 2.24) is 10.2 Å². The zero-order chi connectivity index (χ0) is 21.5. The number of ether oxygens (including phenoxy) is 1. The molecular formula is C22H20BrN3O4S. The maximum Gasteiger partial charge on any atom is 0.410 e. The molecule has 0 fully saturated rings. The molecule has 0 bridgehead atoms. The molecular weight excluding hydrogens is 482 g/mol. The van der Waals surface area contributed by atoms with Gasteiger partial charge in [-0.05, 0) is 43.2 Å². The van der Waals surface area contributed by atoms with Gasteiger partial charge in [-0.2, -0.15) is 0 Å². The largest absolute Gasteiger partial charge is 0.457 e. The number of amides is 2. The van der Waals surface area contributed by atoms with E-state index in [1.165, 1.54) is 11.3 Å². The molecule has 9 heteroatoms. The molecule has 2 aromatic heterocycles. The van der Waals surface area contributed by atoms with Crippen molar-refractivity contribution in [2.75, 3.05) is 18.5 Å². The number of carbonyl (C=O) groups excluding carboxylic acids is 2. The number of rotatable bonds is 3. The van der Waals surface area contributed by atoms with Crippen LogP contribution < -0.4 is 10.6 Å². The van der Waals surface area contributed by atoms with E-state index in [2.05, 4.69) is 26.6 Å². The van der Waals surface area contributed by atoms with Crippen LogP contribution in [0.5, 0.6) is 0 Å². The highest BCUT2D eigenvalue weighted by atomic mass is 79.9. The number of nitrogens with zero attached hydrogens (tertiary/aromatic N) is 1. The lowest BCUT2D eigenvalue weighted by atomic mass is 10.0. The first-order valence-corrected chi connectivity index (χ1v) is 11.6. The molecule has 2 N–H and O–H groups in total. The summed E-state index contributed by atoms with van der Waals surface area (Å²) < 4.78 is 12.1. The highest BCUT2D eigenvalue weighted by molar-refractivity contribution is 9.10. The molecule has 0 radical (unpaired) electrons. The summed E-state index contributed by atoms with van der Waals surface area (Å²) in [6.45, 7) is 3.14. The second kappa shape index (κ2) is 8.05. The Bertz CT molecular complexity index is 1170. The van der Waals surface area contributed by atoms with Gasteiger partial charge in [-0.3, -0.25) is 4.79 Å². The topological polar surface area (TPSA) is 83.8 Å². The van der Waals surface area contributed by atoms with E-state index in [0.29, 0.717) is 37.4 Å². The number of anilines is 1. The minimum Gasteiger partial charge on any atom is -0.457 e. The van der Waals surface area contributed by atoms with E-state index in [-0.39, 0.29) is 12.0 Å². The molecule has 31 heavy (non-hydrogen) atoms. The number of furan rings is 1. The van der Waals surface area contributed by atoms with Crippen LogP contribution in [0.15, 0.2) is 45.3 Å². The second-order valence-corrected chi connectivity index (χ2v) is 9.36. The zero-order valence-corrected chi connectivity index (χ0v) is 19.1. The third kappa shape index (κ3) is 3.72. The van der Waals surface area contributed by atoms with E-state index in [0.717, 1.165) is 31.2 Å². The van der Waals surface area contributed by atoms with E-state index in [9.17, 15) is 9.59 Å². The quantitative estimate of drug-likeness (QED) is 0.519. The highest BCUT2D eigenvalue weighted by Gasteiger charge is 2.35. The minimum absolute atomic E-state index is 0.124. The molecule has 2 amide bonds. The molecule has 4 heterocycles. The molecule has 7 nitrogen and oxygen atoms in total. The van der Waals surface area contributed by atoms with Crippen molar-refractivity contribution in [3.05, 3.63) is 62.6 Å². The first kappa shape index (κ1) is 20.1. The summed E-state index contributed by atoms with van der Waals surface area (Å²) in [4.78, 5) is 27.7. The van der Waals surface area contributed by atoms with E-state index in [4.69, 9.17) is 9.15 Å². The summed E-state index contributed by atoms with van der Waals surface area (Å²) in [6, 6.07) is 11.6. The lowest BCUT2D eigenvalue weighted by Crippen LogP contribution is -2.39. The van der Waals surface area contributed by atoms with Crippen molar-refractivity contribution < 1.29 is 18.7 Å². The first-order chi connectivity index (χ1) is 15.0. The molecule has 0 spiro atoms. The number of thiophene rings is 1. The van der Waals surface area contributed by atoms with Crippen molar-refractivity contribution in [2.45, 2.75) is 26.1 Å². The third-order valence-electron chi connectivity index (χ3n) is 5.38. The summed E-state index contributed by atoms with van der Waals surface area (Å²) in [5.41, 5.74) is 2.64. The Morgan fingerprint density at radius 2 is 2.19 bits per heavy atom. The van der Waals surface area contributed by atoms with Gasteiger partial charge >= 0.3 is 6.09 Å². The van der Waals surface area contributed by atoms with E-state index < -0.39 is 6.17 Å². The number of hydrogen-bond acceptors (Lipinski definition) is 6. The average Bonchev–Trinajstić information content (AvgIpc) is 3.38. The molecule has 0 aliphatic carbocycles. The predicted molar refractivity (Wildman–Crippen MR) is 121 cm³/mol. The smallest absolute Gasteiger partial charge is 0.410 e. The minimum atomic E-state index is -0.456. The van der Waals surface area contributed by atoms with Crippen molar-refractivity contribution in [3.63, 3.8) is 0 Å². The molecule has 0 saturated carbocycles. The van der Waals surface area contributed by atoms with Crippen molar-refractivity contribution in [3.8, 4) is 11.3 Å². The van der Waals surface area contributed by atoms with Gasteiger partial charge in [0.2, 0.25) is 0 Å². The number of halogens is 1. The average molecular weight is 502 g/mol. The van der Waals surface area contributed by atoms with Gasteiger partial charge in [-0.25, -0.2) is 4.79 Å². The van der Waals surface area contributed by atoms with Crippen LogP contribution in [-0.2, 0) is 17.7 Å². The molecule has 1 unspecified atom stereocenters. The van der Waals surface area contributed by atoms with Crippen LogP contribution in [0.4, 0.5) is 9.80 Å². The van der Waals surface area contributed by atoms with Gasteiger partial charge in [-0.15, -0.1) is 11.3 Å². The van der Waals surface area contributed by atoms with Gasteiger partial charge in [0.25, 0.3) is 5.91 Å². The van der Waals surface area contributed by atoms with Crippen LogP contribution >= 0.6 is 27.3 Å². The highest BCUT2D eigenvalue weighted by Crippen LogP contribution is 2.41. The summed E-state index contributed by atoms with van der Waals surface area (Å²) in [7, 11) is 0. The Balaban J connectivity index is 1.38. The summed E-state index contributed by atoms with van der Waals surface area (Å²) in [5, 5.41) is 7.21. The van der Waals surface area contributed by atoms with Gasteiger partial charge in [-0.1, -0.05) is 28.1 Å². The number of carbonyl (C=O) groups is 2. The van der Waals surface area contributed by atoms with Gasteiger partial charge < -0.3 is 24.7 Å². The molecule has 0 saturated heterocycles. The van der Waals surface area contributed by atoms with Crippen LogP contribution in [0, 0.1) is 0 Å². The number of fused-ring (bicyclic) bond motifs is 3. The second-order valence-electron chi connectivity index (χ2n) is 7.34. The van der Waals surface area contributed by atoms with Crippen molar-refractivity contribution in [1.29, 1.82) is 0 Å². The Kier molecular flexibility index (Phi) is 5.23. The third-order valence-corrected chi connectivity index (χ3v) is 7.02. The van der Waals surface area contributed by atoms with Crippen molar-refractivity contribution >= 4 is 44.3 Å². The molecule has 1 aromatic carbocycles.